The number of pyridine rings is 1. The SMILES string of the molecule is NC(Cc1cncc(Br)c1)c1cccc2nccnc12. The molecule has 2 heterocycles. The summed E-state index contributed by atoms with van der Waals surface area (Å²) in [6.07, 6.45) is 7.69. The molecule has 20 heavy (non-hydrogen) atoms. The molecule has 2 aromatic heterocycles. The first-order valence-corrected chi connectivity index (χ1v) is 7.08. The topological polar surface area (TPSA) is 64.7 Å². The smallest absolute Gasteiger partial charge is 0.0934 e. The molecule has 0 amide bonds. The van der Waals surface area contributed by atoms with Gasteiger partial charge in [0.25, 0.3) is 0 Å². The van der Waals surface area contributed by atoms with Gasteiger partial charge in [-0.15, -0.1) is 0 Å². The normalized spacial score (nSPS) is 12.5. The molecule has 5 heteroatoms. The van der Waals surface area contributed by atoms with E-state index in [-0.39, 0.29) is 6.04 Å². The summed E-state index contributed by atoms with van der Waals surface area (Å²) in [5.41, 5.74) is 10.2. The van der Waals surface area contributed by atoms with E-state index in [0.29, 0.717) is 6.42 Å². The number of halogens is 1. The Kier molecular flexibility index (Phi) is 3.71. The van der Waals surface area contributed by atoms with Gasteiger partial charge in [-0.25, -0.2) is 0 Å². The Labute approximate surface area is 125 Å². The van der Waals surface area contributed by atoms with Crippen LogP contribution in [0.4, 0.5) is 0 Å². The van der Waals surface area contributed by atoms with Crippen molar-refractivity contribution in [3.05, 3.63) is 64.7 Å². The van der Waals surface area contributed by atoms with Crippen LogP contribution in [-0.2, 0) is 6.42 Å². The minimum absolute atomic E-state index is 0.133. The monoisotopic (exact) mass is 328 g/mol. The van der Waals surface area contributed by atoms with E-state index in [2.05, 4.69) is 30.9 Å². The van der Waals surface area contributed by atoms with Gasteiger partial charge in [-0.1, -0.05) is 12.1 Å². The number of rotatable bonds is 3. The minimum Gasteiger partial charge on any atom is -0.324 e. The lowest BCUT2D eigenvalue weighted by atomic mass is 9.99. The van der Waals surface area contributed by atoms with Gasteiger partial charge in [0, 0.05) is 35.3 Å². The maximum Gasteiger partial charge on any atom is 0.0934 e. The molecule has 1 aromatic carbocycles. The number of nitrogens with zero attached hydrogens (tertiary/aromatic N) is 3. The molecule has 0 radical (unpaired) electrons. The molecule has 0 saturated carbocycles. The summed E-state index contributed by atoms with van der Waals surface area (Å²) >= 11 is 3.42. The van der Waals surface area contributed by atoms with Gasteiger partial charge in [-0.2, -0.15) is 0 Å². The summed E-state index contributed by atoms with van der Waals surface area (Å²) in [6, 6.07) is 7.81. The van der Waals surface area contributed by atoms with Crippen molar-refractivity contribution in [2.75, 3.05) is 0 Å². The number of para-hydroxylation sites is 1. The molecule has 100 valence electrons. The fraction of sp³-hybridized carbons (Fsp3) is 0.133. The molecule has 0 saturated heterocycles. The Balaban J connectivity index is 1.94. The van der Waals surface area contributed by atoms with E-state index >= 15 is 0 Å². The van der Waals surface area contributed by atoms with Crippen molar-refractivity contribution in [3.63, 3.8) is 0 Å². The number of benzene rings is 1. The second kappa shape index (κ2) is 5.64. The number of hydrogen-bond donors (Lipinski definition) is 1. The third-order valence-corrected chi connectivity index (χ3v) is 3.58. The summed E-state index contributed by atoms with van der Waals surface area (Å²) in [6.45, 7) is 0. The van der Waals surface area contributed by atoms with Crippen molar-refractivity contribution in [2.24, 2.45) is 5.73 Å². The molecule has 2 N–H and O–H groups in total. The molecule has 3 aromatic rings. The lowest BCUT2D eigenvalue weighted by Gasteiger charge is -2.13. The molecule has 1 atom stereocenters. The highest BCUT2D eigenvalue weighted by atomic mass is 79.9. The predicted octanol–water partition coefficient (Wildman–Crippen LogP) is 3.03. The van der Waals surface area contributed by atoms with Crippen LogP contribution in [0.1, 0.15) is 17.2 Å². The molecule has 0 fully saturated rings. The van der Waals surface area contributed by atoms with Crippen molar-refractivity contribution in [1.29, 1.82) is 0 Å². The molecule has 0 spiro atoms. The Morgan fingerprint density at radius 1 is 1.15 bits per heavy atom. The zero-order valence-electron chi connectivity index (χ0n) is 10.7. The van der Waals surface area contributed by atoms with Gasteiger partial charge >= 0.3 is 0 Å². The zero-order chi connectivity index (χ0) is 13.9. The van der Waals surface area contributed by atoms with E-state index in [0.717, 1.165) is 26.6 Å². The molecule has 0 aliphatic rings. The number of fused-ring (bicyclic) bond motifs is 1. The molecule has 3 rings (SSSR count). The van der Waals surface area contributed by atoms with Crippen LogP contribution in [0.25, 0.3) is 11.0 Å². The third kappa shape index (κ3) is 2.69. The maximum absolute atomic E-state index is 6.33. The minimum atomic E-state index is -0.133. The summed E-state index contributed by atoms with van der Waals surface area (Å²) < 4.78 is 0.958. The largest absolute Gasteiger partial charge is 0.324 e. The van der Waals surface area contributed by atoms with Crippen LogP contribution in [0, 0.1) is 0 Å². The highest BCUT2D eigenvalue weighted by Crippen LogP contribution is 2.23. The first-order chi connectivity index (χ1) is 9.74. The first kappa shape index (κ1) is 13.1. The van der Waals surface area contributed by atoms with Crippen molar-refractivity contribution in [2.45, 2.75) is 12.5 Å². The Morgan fingerprint density at radius 2 is 2.00 bits per heavy atom. The fourth-order valence-electron chi connectivity index (χ4n) is 2.25. The molecule has 1 unspecified atom stereocenters. The van der Waals surface area contributed by atoms with Gasteiger partial charge in [-0.3, -0.25) is 15.0 Å². The second-order valence-corrected chi connectivity index (χ2v) is 5.51. The van der Waals surface area contributed by atoms with Crippen LogP contribution in [-0.4, -0.2) is 15.0 Å². The standard InChI is InChI=1S/C15H13BrN4/c16-11-6-10(8-18-9-11)7-13(17)12-2-1-3-14-15(12)20-5-4-19-14/h1-6,8-9,13H,7,17H2. The molecule has 4 nitrogen and oxygen atoms in total. The molecule has 0 aliphatic carbocycles. The van der Waals surface area contributed by atoms with Crippen molar-refractivity contribution in [3.8, 4) is 0 Å². The molecular weight excluding hydrogens is 316 g/mol. The van der Waals surface area contributed by atoms with Gasteiger partial charge in [0.05, 0.1) is 11.0 Å². The Morgan fingerprint density at radius 3 is 2.85 bits per heavy atom. The zero-order valence-corrected chi connectivity index (χ0v) is 12.3. The number of nitrogens with two attached hydrogens (primary N) is 1. The van der Waals surface area contributed by atoms with Crippen LogP contribution >= 0.6 is 15.9 Å². The van der Waals surface area contributed by atoms with Gasteiger partial charge in [0.15, 0.2) is 0 Å². The van der Waals surface area contributed by atoms with Crippen molar-refractivity contribution in [1.82, 2.24) is 15.0 Å². The van der Waals surface area contributed by atoms with E-state index in [1.165, 1.54) is 0 Å². The highest BCUT2D eigenvalue weighted by Gasteiger charge is 2.12. The number of hydrogen-bond acceptors (Lipinski definition) is 4. The Bertz CT molecular complexity index is 739. The summed E-state index contributed by atoms with van der Waals surface area (Å²) in [4.78, 5) is 12.9. The predicted molar refractivity (Wildman–Crippen MR) is 82.1 cm³/mol. The van der Waals surface area contributed by atoms with Crippen molar-refractivity contribution < 1.29 is 0 Å². The average Bonchev–Trinajstić information content (AvgIpc) is 2.46. The van der Waals surface area contributed by atoms with Gasteiger partial charge in [0.1, 0.15) is 0 Å². The maximum atomic E-state index is 6.33. The Hall–Kier alpha value is -1.85. The van der Waals surface area contributed by atoms with Crippen LogP contribution in [0.2, 0.25) is 0 Å². The lowest BCUT2D eigenvalue weighted by Crippen LogP contribution is -2.14. The van der Waals surface area contributed by atoms with E-state index in [1.54, 1.807) is 18.6 Å². The summed E-state index contributed by atoms with van der Waals surface area (Å²) in [5, 5.41) is 0. The first-order valence-electron chi connectivity index (χ1n) is 6.28. The van der Waals surface area contributed by atoms with E-state index < -0.39 is 0 Å². The third-order valence-electron chi connectivity index (χ3n) is 3.15. The fourth-order valence-corrected chi connectivity index (χ4v) is 2.66. The quantitative estimate of drug-likeness (QED) is 0.802. The van der Waals surface area contributed by atoms with Crippen LogP contribution in [0.3, 0.4) is 0 Å². The van der Waals surface area contributed by atoms with E-state index in [9.17, 15) is 0 Å². The van der Waals surface area contributed by atoms with Crippen LogP contribution < -0.4 is 5.73 Å². The average molecular weight is 329 g/mol. The molecule has 0 bridgehead atoms. The summed E-state index contributed by atoms with van der Waals surface area (Å²) in [7, 11) is 0. The summed E-state index contributed by atoms with van der Waals surface area (Å²) in [5.74, 6) is 0. The second-order valence-electron chi connectivity index (χ2n) is 4.59. The molecule has 0 aliphatic heterocycles. The van der Waals surface area contributed by atoms with Crippen LogP contribution in [0.5, 0.6) is 0 Å². The van der Waals surface area contributed by atoms with Gasteiger partial charge < -0.3 is 5.73 Å². The van der Waals surface area contributed by atoms with Gasteiger partial charge in [-0.05, 0) is 45.6 Å². The van der Waals surface area contributed by atoms with Crippen LogP contribution in [0.15, 0.2) is 53.5 Å². The van der Waals surface area contributed by atoms with E-state index in [1.807, 2.05) is 30.5 Å². The highest BCUT2D eigenvalue weighted by molar-refractivity contribution is 9.10. The molecular formula is C15H13BrN4. The van der Waals surface area contributed by atoms with Crippen molar-refractivity contribution >= 4 is 27.0 Å². The number of aromatic nitrogens is 3. The van der Waals surface area contributed by atoms with Gasteiger partial charge in [0.2, 0.25) is 0 Å². The van der Waals surface area contributed by atoms with E-state index in [4.69, 9.17) is 5.73 Å². The lowest BCUT2D eigenvalue weighted by molar-refractivity contribution is 0.723.